The first-order valence-electron chi connectivity index (χ1n) is 6.93. The maximum Gasteiger partial charge on any atom is 0.416 e. The summed E-state index contributed by atoms with van der Waals surface area (Å²) in [5.74, 6) is 0. The van der Waals surface area contributed by atoms with Crippen molar-refractivity contribution in [1.29, 1.82) is 0 Å². The van der Waals surface area contributed by atoms with Crippen LogP contribution in [0.15, 0.2) is 42.7 Å². The molecule has 23 heavy (non-hydrogen) atoms. The van der Waals surface area contributed by atoms with Gasteiger partial charge in [0.15, 0.2) is 0 Å². The Morgan fingerprint density at radius 3 is 2.30 bits per heavy atom. The van der Waals surface area contributed by atoms with Crippen LogP contribution >= 0.6 is 12.4 Å². The third kappa shape index (κ3) is 3.20. The van der Waals surface area contributed by atoms with E-state index in [1.54, 1.807) is 12.4 Å². The molecule has 0 aliphatic heterocycles. The van der Waals surface area contributed by atoms with Crippen LogP contribution in [0.3, 0.4) is 0 Å². The Bertz CT molecular complexity index is 820. The van der Waals surface area contributed by atoms with E-state index in [-0.39, 0.29) is 12.4 Å². The van der Waals surface area contributed by atoms with E-state index in [2.05, 4.69) is 9.55 Å². The molecule has 0 saturated carbocycles. The quantitative estimate of drug-likeness (QED) is 0.631. The first kappa shape index (κ1) is 17.3. The van der Waals surface area contributed by atoms with Crippen molar-refractivity contribution < 1.29 is 13.2 Å². The molecule has 3 rings (SSSR count). The van der Waals surface area contributed by atoms with E-state index in [9.17, 15) is 13.2 Å². The van der Waals surface area contributed by atoms with Crippen molar-refractivity contribution in [2.24, 2.45) is 0 Å². The third-order valence-electron chi connectivity index (χ3n) is 4.06. The zero-order valence-corrected chi connectivity index (χ0v) is 13.5. The first-order valence-corrected chi connectivity index (χ1v) is 6.93. The number of fused-ring (bicyclic) bond motifs is 1. The highest BCUT2D eigenvalue weighted by Crippen LogP contribution is 2.30. The van der Waals surface area contributed by atoms with Crippen molar-refractivity contribution in [1.82, 2.24) is 9.55 Å². The number of hydrogen-bond donors (Lipinski definition) is 0. The van der Waals surface area contributed by atoms with Gasteiger partial charge in [-0.05, 0) is 43.2 Å². The fourth-order valence-electron chi connectivity index (χ4n) is 2.68. The normalized spacial score (nSPS) is 11.5. The second kappa shape index (κ2) is 6.24. The molecule has 6 heteroatoms. The van der Waals surface area contributed by atoms with E-state index in [4.69, 9.17) is 0 Å². The maximum atomic E-state index is 12.6. The number of nitrogens with zero attached hydrogens (tertiary/aromatic N) is 2. The maximum absolute atomic E-state index is 12.6. The summed E-state index contributed by atoms with van der Waals surface area (Å²) >= 11 is 0. The van der Waals surface area contributed by atoms with Crippen LogP contribution in [0.1, 0.15) is 22.4 Å². The Kier molecular flexibility index (Phi) is 4.71. The van der Waals surface area contributed by atoms with E-state index in [1.165, 1.54) is 17.7 Å². The van der Waals surface area contributed by atoms with E-state index in [0.29, 0.717) is 6.54 Å². The number of pyridine rings is 1. The van der Waals surface area contributed by atoms with Gasteiger partial charge in [0.1, 0.15) is 0 Å². The third-order valence-corrected chi connectivity index (χ3v) is 4.06. The molecule has 0 spiro atoms. The van der Waals surface area contributed by atoms with Crippen molar-refractivity contribution in [2.75, 3.05) is 0 Å². The number of aromatic nitrogens is 2. The smallest absolute Gasteiger partial charge is 0.339 e. The summed E-state index contributed by atoms with van der Waals surface area (Å²) in [4.78, 5) is 4.15. The lowest BCUT2D eigenvalue weighted by Crippen LogP contribution is -2.06. The number of halogens is 4. The van der Waals surface area contributed by atoms with Crippen LogP contribution in [0.25, 0.3) is 10.9 Å². The summed E-state index contributed by atoms with van der Waals surface area (Å²) in [5.41, 5.74) is 3.48. The standard InChI is InChI=1S/C17H15F3N2.ClH/c1-11-12(2)22(16-9-21-8-7-15(11)16)10-13-3-5-14(6-4-13)17(18,19)20;/h3-9H,10H2,1-2H3;1H. The molecule has 0 unspecified atom stereocenters. The number of aryl methyl sites for hydroxylation is 1. The Morgan fingerprint density at radius 1 is 1.04 bits per heavy atom. The Labute approximate surface area is 138 Å². The Hall–Kier alpha value is -2.01. The highest BCUT2D eigenvalue weighted by atomic mass is 35.5. The minimum absolute atomic E-state index is 0. The van der Waals surface area contributed by atoms with Gasteiger partial charge in [-0.2, -0.15) is 13.2 Å². The van der Waals surface area contributed by atoms with Gasteiger partial charge in [-0.15, -0.1) is 12.4 Å². The molecule has 0 fully saturated rings. The average Bonchev–Trinajstić information content (AvgIpc) is 2.73. The van der Waals surface area contributed by atoms with Crippen LogP contribution in [-0.2, 0) is 12.7 Å². The summed E-state index contributed by atoms with van der Waals surface area (Å²) in [7, 11) is 0. The van der Waals surface area contributed by atoms with Gasteiger partial charge in [-0.3, -0.25) is 4.98 Å². The summed E-state index contributed by atoms with van der Waals surface area (Å²) in [5, 5.41) is 1.12. The predicted octanol–water partition coefficient (Wildman–Crippen LogP) is 5.14. The molecule has 3 aromatic rings. The van der Waals surface area contributed by atoms with Gasteiger partial charge in [-0.1, -0.05) is 12.1 Å². The minimum Gasteiger partial charge on any atom is -0.339 e. The SMILES string of the molecule is Cc1c(C)n(Cc2ccc(C(F)(F)F)cc2)c2cnccc12.Cl. The van der Waals surface area contributed by atoms with Gasteiger partial charge in [0.05, 0.1) is 17.3 Å². The van der Waals surface area contributed by atoms with Gasteiger partial charge < -0.3 is 4.57 Å². The molecule has 0 saturated heterocycles. The van der Waals surface area contributed by atoms with Gasteiger partial charge in [0.25, 0.3) is 0 Å². The lowest BCUT2D eigenvalue weighted by atomic mass is 10.1. The van der Waals surface area contributed by atoms with Crippen LogP contribution in [0.4, 0.5) is 13.2 Å². The number of hydrogen-bond acceptors (Lipinski definition) is 1. The van der Waals surface area contributed by atoms with Crippen molar-refractivity contribution in [3.63, 3.8) is 0 Å². The molecule has 0 aliphatic carbocycles. The predicted molar refractivity (Wildman–Crippen MR) is 87.0 cm³/mol. The topological polar surface area (TPSA) is 17.8 Å². The van der Waals surface area contributed by atoms with Crippen LogP contribution in [0, 0.1) is 13.8 Å². The van der Waals surface area contributed by atoms with Crippen LogP contribution < -0.4 is 0 Å². The molecule has 0 atom stereocenters. The lowest BCUT2D eigenvalue weighted by Gasteiger charge is -2.10. The van der Waals surface area contributed by atoms with Gasteiger partial charge in [-0.25, -0.2) is 0 Å². The zero-order valence-electron chi connectivity index (χ0n) is 12.7. The Morgan fingerprint density at radius 2 is 1.70 bits per heavy atom. The summed E-state index contributed by atoms with van der Waals surface area (Å²) in [6.45, 7) is 4.58. The van der Waals surface area contributed by atoms with Crippen LogP contribution in [0.2, 0.25) is 0 Å². The first-order chi connectivity index (χ1) is 10.4. The molecule has 0 amide bonds. The van der Waals surface area contributed by atoms with Gasteiger partial charge >= 0.3 is 6.18 Å². The summed E-state index contributed by atoms with van der Waals surface area (Å²) < 4.78 is 39.9. The van der Waals surface area contributed by atoms with E-state index >= 15 is 0 Å². The van der Waals surface area contributed by atoms with Crippen LogP contribution in [0.5, 0.6) is 0 Å². The van der Waals surface area contributed by atoms with E-state index < -0.39 is 11.7 Å². The monoisotopic (exact) mass is 340 g/mol. The molecule has 122 valence electrons. The Balaban J connectivity index is 0.00000192. The molecule has 0 radical (unpaired) electrons. The summed E-state index contributed by atoms with van der Waals surface area (Å²) in [6.07, 6.45) is -0.758. The fourth-order valence-corrected chi connectivity index (χ4v) is 2.68. The molecule has 2 aromatic heterocycles. The highest BCUT2D eigenvalue weighted by Gasteiger charge is 2.29. The largest absolute Gasteiger partial charge is 0.416 e. The molecule has 2 heterocycles. The molecule has 2 nitrogen and oxygen atoms in total. The summed E-state index contributed by atoms with van der Waals surface area (Å²) in [6, 6.07) is 7.27. The molecular formula is C17H16ClF3N2. The fraction of sp³-hybridized carbons (Fsp3) is 0.235. The lowest BCUT2D eigenvalue weighted by molar-refractivity contribution is -0.137. The number of benzene rings is 1. The second-order valence-electron chi connectivity index (χ2n) is 5.38. The highest BCUT2D eigenvalue weighted by molar-refractivity contribution is 5.85. The van der Waals surface area contributed by atoms with Crippen molar-refractivity contribution >= 4 is 23.3 Å². The van der Waals surface area contributed by atoms with Crippen molar-refractivity contribution in [3.8, 4) is 0 Å². The number of rotatable bonds is 2. The molecular weight excluding hydrogens is 325 g/mol. The van der Waals surface area contributed by atoms with E-state index in [1.807, 2.05) is 19.9 Å². The second-order valence-corrected chi connectivity index (χ2v) is 5.38. The van der Waals surface area contributed by atoms with Gasteiger partial charge in [0, 0.05) is 23.8 Å². The van der Waals surface area contributed by atoms with Crippen molar-refractivity contribution in [2.45, 2.75) is 26.6 Å². The average molecular weight is 341 g/mol. The molecule has 0 bridgehead atoms. The van der Waals surface area contributed by atoms with Crippen LogP contribution in [-0.4, -0.2) is 9.55 Å². The van der Waals surface area contributed by atoms with E-state index in [0.717, 1.165) is 34.3 Å². The molecule has 0 aliphatic rings. The molecule has 0 N–H and O–H groups in total. The van der Waals surface area contributed by atoms with Gasteiger partial charge in [0.2, 0.25) is 0 Å². The number of alkyl halides is 3. The van der Waals surface area contributed by atoms with Crippen molar-refractivity contribution in [3.05, 3.63) is 65.1 Å². The molecule has 1 aromatic carbocycles. The zero-order chi connectivity index (χ0) is 15.9. The minimum atomic E-state index is -4.30.